The highest BCUT2D eigenvalue weighted by atomic mass is 79.9. The zero-order chi connectivity index (χ0) is 20.3. The van der Waals surface area contributed by atoms with Gasteiger partial charge < -0.3 is 36.6 Å². The minimum Gasteiger partial charge on any atom is -1.00 e. The Hall–Kier alpha value is -1.83. The van der Waals surface area contributed by atoms with Crippen molar-refractivity contribution in [2.24, 2.45) is 5.92 Å². The largest absolute Gasteiger partial charge is 1.00 e. The van der Waals surface area contributed by atoms with E-state index in [1.165, 1.54) is 24.2 Å². The Morgan fingerprint density at radius 2 is 1.90 bits per heavy atom. The van der Waals surface area contributed by atoms with Crippen LogP contribution in [0.4, 0.5) is 0 Å². The highest BCUT2D eigenvalue weighted by molar-refractivity contribution is 7.10. The number of carbonyl (C=O) groups is 1. The molecule has 1 aliphatic heterocycles. The minimum atomic E-state index is -1.77. The van der Waals surface area contributed by atoms with Gasteiger partial charge in [0.05, 0.1) is 17.6 Å². The van der Waals surface area contributed by atoms with Gasteiger partial charge in [0, 0.05) is 31.1 Å². The van der Waals surface area contributed by atoms with Gasteiger partial charge in [-0.3, -0.25) is 0 Å². The molecule has 1 fully saturated rings. The quantitative estimate of drug-likeness (QED) is 0.414. The molecule has 2 atom stereocenters. The van der Waals surface area contributed by atoms with Gasteiger partial charge in [-0.15, -0.1) is 11.3 Å². The fourth-order valence-corrected chi connectivity index (χ4v) is 4.56. The van der Waals surface area contributed by atoms with E-state index in [-0.39, 0.29) is 23.6 Å². The van der Waals surface area contributed by atoms with E-state index in [4.69, 9.17) is 4.74 Å². The van der Waals surface area contributed by atoms with Gasteiger partial charge >= 0.3 is 5.97 Å². The third-order valence-electron chi connectivity index (χ3n) is 5.73. The SMILES string of the molecule is CC1N(CCCOC(=O)C(O)(c2ccccc2)c2cccs2)C=CN1CC1CC1.[Br-]. The number of benzene rings is 1. The molecule has 2 unspecified atom stereocenters. The summed E-state index contributed by atoms with van der Waals surface area (Å²) in [6.07, 6.45) is 8.05. The first kappa shape index (κ1) is 22.8. The molecule has 5 nitrogen and oxygen atoms in total. The van der Waals surface area contributed by atoms with Gasteiger partial charge in [0.2, 0.25) is 5.60 Å². The van der Waals surface area contributed by atoms with E-state index in [9.17, 15) is 9.90 Å². The van der Waals surface area contributed by atoms with Crippen LogP contribution in [-0.4, -0.2) is 46.7 Å². The van der Waals surface area contributed by atoms with E-state index < -0.39 is 11.6 Å². The summed E-state index contributed by atoms with van der Waals surface area (Å²) in [6.45, 7) is 4.43. The fourth-order valence-electron chi connectivity index (χ4n) is 3.73. The van der Waals surface area contributed by atoms with Gasteiger partial charge in [0.1, 0.15) is 0 Å². The Balaban J connectivity index is 0.00000256. The summed E-state index contributed by atoms with van der Waals surface area (Å²) in [6, 6.07) is 12.6. The third kappa shape index (κ3) is 4.90. The smallest absolute Gasteiger partial charge is 0.348 e. The van der Waals surface area contributed by atoms with Gasteiger partial charge in [0.25, 0.3) is 0 Å². The van der Waals surface area contributed by atoms with Crippen molar-refractivity contribution in [2.75, 3.05) is 19.7 Å². The van der Waals surface area contributed by atoms with Crippen molar-refractivity contribution in [3.63, 3.8) is 0 Å². The number of esters is 1. The minimum absolute atomic E-state index is 0. The van der Waals surface area contributed by atoms with E-state index in [2.05, 4.69) is 29.1 Å². The topological polar surface area (TPSA) is 53.0 Å². The summed E-state index contributed by atoms with van der Waals surface area (Å²) < 4.78 is 5.54. The van der Waals surface area contributed by atoms with Gasteiger partial charge in [-0.05, 0) is 43.6 Å². The standard InChI is InChI=1S/C23H28N2O3S.BrH/c1-18-24(13-14-25(18)17-19-10-11-19)12-6-15-28-22(26)23(27,21-9-5-16-29-21)20-7-3-2-4-8-20;/h2-5,7-9,13-14,16,18-19,27H,6,10-12,15,17H2,1H3;1H/p-1. The second-order valence-electron chi connectivity index (χ2n) is 7.85. The van der Waals surface area contributed by atoms with Crippen molar-refractivity contribution in [1.29, 1.82) is 0 Å². The lowest BCUT2D eigenvalue weighted by Gasteiger charge is -2.30. The number of hydrogen-bond acceptors (Lipinski definition) is 6. The molecule has 2 aromatic rings. The van der Waals surface area contributed by atoms with Crippen molar-refractivity contribution in [2.45, 2.75) is 38.0 Å². The lowest BCUT2D eigenvalue weighted by atomic mass is 9.92. The van der Waals surface area contributed by atoms with Crippen molar-refractivity contribution in [1.82, 2.24) is 9.80 Å². The summed E-state index contributed by atoms with van der Waals surface area (Å²) in [5.74, 6) is 0.238. The lowest BCUT2D eigenvalue weighted by molar-refractivity contribution is -0.162. The van der Waals surface area contributed by atoms with Crippen LogP contribution in [0, 0.1) is 5.92 Å². The van der Waals surface area contributed by atoms with E-state index in [0.29, 0.717) is 23.0 Å². The number of carbonyl (C=O) groups excluding carboxylic acids is 1. The molecular formula is C23H28BrN2O3S-. The molecular weight excluding hydrogens is 464 g/mol. The molecule has 2 aliphatic rings. The predicted molar refractivity (Wildman–Crippen MR) is 114 cm³/mol. The van der Waals surface area contributed by atoms with Crippen LogP contribution in [-0.2, 0) is 15.1 Å². The molecule has 2 heterocycles. The number of rotatable bonds is 9. The van der Waals surface area contributed by atoms with Crippen molar-refractivity contribution >= 4 is 17.3 Å². The van der Waals surface area contributed by atoms with Crippen LogP contribution in [0.15, 0.2) is 60.2 Å². The van der Waals surface area contributed by atoms with Crippen molar-refractivity contribution in [3.05, 3.63) is 70.7 Å². The lowest BCUT2D eigenvalue weighted by Crippen LogP contribution is -3.00. The first-order valence-electron chi connectivity index (χ1n) is 10.3. The first-order valence-corrected chi connectivity index (χ1v) is 11.2. The summed E-state index contributed by atoms with van der Waals surface area (Å²) in [5, 5.41) is 13.1. The highest BCUT2D eigenvalue weighted by Crippen LogP contribution is 2.34. The van der Waals surface area contributed by atoms with Crippen LogP contribution >= 0.6 is 11.3 Å². The number of ether oxygens (including phenoxy) is 1. The molecule has 7 heteroatoms. The van der Waals surface area contributed by atoms with Crippen LogP contribution in [0.2, 0.25) is 0 Å². The van der Waals surface area contributed by atoms with Crippen LogP contribution in [0.25, 0.3) is 0 Å². The second-order valence-corrected chi connectivity index (χ2v) is 8.80. The van der Waals surface area contributed by atoms with Crippen molar-refractivity contribution < 1.29 is 31.6 Å². The Morgan fingerprint density at radius 3 is 2.57 bits per heavy atom. The molecule has 0 radical (unpaired) electrons. The Kier molecular flexibility index (Phi) is 7.60. The number of nitrogens with zero attached hydrogens (tertiary/aromatic N) is 2. The van der Waals surface area contributed by atoms with Crippen molar-refractivity contribution in [3.8, 4) is 0 Å². The number of aliphatic hydroxyl groups is 1. The summed E-state index contributed by atoms with van der Waals surface area (Å²) in [5.41, 5.74) is -1.24. The molecule has 0 amide bonds. The molecule has 1 aromatic carbocycles. The Morgan fingerprint density at radius 1 is 1.17 bits per heavy atom. The molecule has 1 saturated carbocycles. The van der Waals surface area contributed by atoms with Gasteiger partial charge in [0.15, 0.2) is 0 Å². The average Bonchev–Trinajstić information content (AvgIpc) is 3.25. The zero-order valence-corrected chi connectivity index (χ0v) is 19.5. The number of halogens is 1. The maximum atomic E-state index is 12.9. The number of hydrogen-bond donors (Lipinski definition) is 1. The molecule has 1 aromatic heterocycles. The van der Waals surface area contributed by atoms with Crippen LogP contribution in [0.5, 0.6) is 0 Å². The molecule has 162 valence electrons. The molecule has 0 bridgehead atoms. The Labute approximate surface area is 192 Å². The summed E-state index contributed by atoms with van der Waals surface area (Å²) >= 11 is 1.35. The normalized spacial score (nSPS) is 20.0. The van der Waals surface area contributed by atoms with E-state index in [1.54, 1.807) is 18.2 Å². The maximum Gasteiger partial charge on any atom is 0.348 e. The van der Waals surface area contributed by atoms with Gasteiger partial charge in [-0.1, -0.05) is 36.4 Å². The molecule has 0 saturated heterocycles. The monoisotopic (exact) mass is 491 g/mol. The molecule has 1 N–H and O–H groups in total. The first-order chi connectivity index (χ1) is 14.1. The Bertz CT molecular complexity index is 841. The van der Waals surface area contributed by atoms with E-state index in [0.717, 1.165) is 19.0 Å². The van der Waals surface area contributed by atoms with Crippen LogP contribution in [0.3, 0.4) is 0 Å². The van der Waals surface area contributed by atoms with Gasteiger partial charge in [-0.2, -0.15) is 0 Å². The zero-order valence-electron chi connectivity index (χ0n) is 17.1. The molecule has 4 rings (SSSR count). The van der Waals surface area contributed by atoms with Gasteiger partial charge in [-0.25, -0.2) is 4.79 Å². The molecule has 0 spiro atoms. The fraction of sp³-hybridized carbons (Fsp3) is 0.435. The average molecular weight is 492 g/mol. The molecule has 1 aliphatic carbocycles. The van der Waals surface area contributed by atoms with E-state index in [1.807, 2.05) is 29.6 Å². The number of thiophene rings is 1. The summed E-state index contributed by atoms with van der Waals surface area (Å²) in [4.78, 5) is 18.1. The second kappa shape index (κ2) is 9.98. The highest BCUT2D eigenvalue weighted by Gasteiger charge is 2.42. The van der Waals surface area contributed by atoms with Crippen LogP contribution < -0.4 is 17.0 Å². The third-order valence-corrected chi connectivity index (χ3v) is 6.71. The predicted octanol–water partition coefficient (Wildman–Crippen LogP) is 0.766. The summed E-state index contributed by atoms with van der Waals surface area (Å²) in [7, 11) is 0. The van der Waals surface area contributed by atoms with E-state index >= 15 is 0 Å². The van der Waals surface area contributed by atoms with Crippen LogP contribution in [0.1, 0.15) is 36.6 Å². The molecule has 30 heavy (non-hydrogen) atoms. The maximum absolute atomic E-state index is 12.9.